The number of nitriles is 1. The molecule has 0 unspecified atom stereocenters. The fourth-order valence-electron chi connectivity index (χ4n) is 2.31. The van der Waals surface area contributed by atoms with E-state index in [0.717, 1.165) is 11.3 Å². The molecule has 0 aliphatic carbocycles. The molecule has 1 heterocycles. The monoisotopic (exact) mass is 363 g/mol. The molecular formula is C19H14ClN5O. The maximum absolute atomic E-state index is 12.4. The molecule has 26 heavy (non-hydrogen) atoms. The maximum Gasteiger partial charge on any atom is 0.274 e. The first-order valence-corrected chi connectivity index (χ1v) is 8.11. The normalized spacial score (nSPS) is 10.0. The van der Waals surface area contributed by atoms with Crippen molar-refractivity contribution in [3.05, 3.63) is 76.6 Å². The zero-order chi connectivity index (χ0) is 18.5. The number of para-hydroxylation sites is 1. The van der Waals surface area contributed by atoms with E-state index in [0.29, 0.717) is 16.3 Å². The number of nitrogens with zero attached hydrogens (tertiary/aromatic N) is 3. The Kier molecular flexibility index (Phi) is 5.11. The summed E-state index contributed by atoms with van der Waals surface area (Å²) in [7, 11) is 0. The van der Waals surface area contributed by atoms with Crippen LogP contribution >= 0.6 is 11.6 Å². The summed E-state index contributed by atoms with van der Waals surface area (Å²) in [6.45, 7) is 1.91. The summed E-state index contributed by atoms with van der Waals surface area (Å²) in [5.41, 5.74) is 2.72. The SMILES string of the molecule is Cc1cc(Cl)ccc1Nc1nccc(C(=O)Nc2ccccc2C#N)n1. The number of rotatable bonds is 4. The molecule has 7 heteroatoms. The van der Waals surface area contributed by atoms with Gasteiger partial charge in [-0.3, -0.25) is 4.79 Å². The number of nitrogens with one attached hydrogen (secondary N) is 2. The van der Waals surface area contributed by atoms with E-state index in [4.69, 9.17) is 16.9 Å². The van der Waals surface area contributed by atoms with Crippen LogP contribution in [-0.4, -0.2) is 15.9 Å². The zero-order valence-electron chi connectivity index (χ0n) is 13.8. The number of anilines is 3. The second-order valence-electron chi connectivity index (χ2n) is 5.46. The van der Waals surface area contributed by atoms with Gasteiger partial charge in [0, 0.05) is 16.9 Å². The molecule has 3 rings (SSSR count). The summed E-state index contributed by atoms with van der Waals surface area (Å²) in [6, 6.07) is 15.7. The number of hydrogen-bond donors (Lipinski definition) is 2. The molecule has 0 atom stereocenters. The quantitative estimate of drug-likeness (QED) is 0.720. The topological polar surface area (TPSA) is 90.7 Å². The summed E-state index contributed by atoms with van der Waals surface area (Å²) >= 11 is 5.95. The number of hydrogen-bond acceptors (Lipinski definition) is 5. The van der Waals surface area contributed by atoms with Gasteiger partial charge in [0.2, 0.25) is 5.95 Å². The van der Waals surface area contributed by atoms with E-state index in [1.54, 1.807) is 30.3 Å². The molecular weight excluding hydrogens is 350 g/mol. The summed E-state index contributed by atoms with van der Waals surface area (Å²) in [4.78, 5) is 20.8. The molecule has 1 amide bonds. The first-order chi connectivity index (χ1) is 12.6. The highest BCUT2D eigenvalue weighted by atomic mass is 35.5. The van der Waals surface area contributed by atoms with Crippen molar-refractivity contribution in [2.75, 3.05) is 10.6 Å². The summed E-state index contributed by atoms with van der Waals surface area (Å²) in [5, 5.41) is 15.5. The van der Waals surface area contributed by atoms with Crippen molar-refractivity contribution in [1.29, 1.82) is 5.26 Å². The summed E-state index contributed by atoms with van der Waals surface area (Å²) in [5.74, 6) is -0.136. The fraction of sp³-hybridized carbons (Fsp3) is 0.0526. The van der Waals surface area contributed by atoms with Crippen LogP contribution in [0.1, 0.15) is 21.6 Å². The van der Waals surface area contributed by atoms with Crippen LogP contribution < -0.4 is 10.6 Å². The number of amides is 1. The van der Waals surface area contributed by atoms with Crippen LogP contribution in [0.3, 0.4) is 0 Å². The van der Waals surface area contributed by atoms with Gasteiger partial charge >= 0.3 is 0 Å². The molecule has 0 aliphatic rings. The number of halogens is 1. The molecule has 2 aromatic carbocycles. The van der Waals surface area contributed by atoms with Gasteiger partial charge in [-0.05, 0) is 48.9 Å². The Labute approximate surface area is 155 Å². The van der Waals surface area contributed by atoms with Gasteiger partial charge in [-0.25, -0.2) is 9.97 Å². The van der Waals surface area contributed by atoms with Crippen LogP contribution in [0.5, 0.6) is 0 Å². The van der Waals surface area contributed by atoms with E-state index in [2.05, 4.69) is 20.6 Å². The van der Waals surface area contributed by atoms with E-state index >= 15 is 0 Å². The van der Waals surface area contributed by atoms with Crippen LogP contribution in [0.15, 0.2) is 54.7 Å². The third-order valence-corrected chi connectivity index (χ3v) is 3.85. The standard InChI is InChI=1S/C19H14ClN5O/c1-12-10-14(20)6-7-15(12)24-19-22-9-8-17(25-19)18(26)23-16-5-3-2-4-13(16)11-21/h2-10H,1H3,(H,23,26)(H,22,24,25). The third kappa shape index (κ3) is 3.97. The number of carbonyl (C=O) groups is 1. The number of benzene rings is 2. The minimum atomic E-state index is -0.425. The Morgan fingerprint density at radius 2 is 1.96 bits per heavy atom. The van der Waals surface area contributed by atoms with Crippen molar-refractivity contribution >= 4 is 34.8 Å². The molecule has 3 aromatic rings. The Morgan fingerprint density at radius 3 is 2.73 bits per heavy atom. The van der Waals surface area contributed by atoms with E-state index < -0.39 is 5.91 Å². The molecule has 0 fully saturated rings. The first-order valence-electron chi connectivity index (χ1n) is 7.73. The van der Waals surface area contributed by atoms with Crippen molar-refractivity contribution in [3.63, 3.8) is 0 Å². The lowest BCUT2D eigenvalue weighted by molar-refractivity contribution is 0.102. The smallest absolute Gasteiger partial charge is 0.274 e. The highest BCUT2D eigenvalue weighted by molar-refractivity contribution is 6.30. The van der Waals surface area contributed by atoms with Gasteiger partial charge in [-0.2, -0.15) is 5.26 Å². The molecule has 0 aliphatic heterocycles. The van der Waals surface area contributed by atoms with Crippen molar-refractivity contribution in [1.82, 2.24) is 9.97 Å². The van der Waals surface area contributed by atoms with Crippen LogP contribution in [0.2, 0.25) is 5.02 Å². The third-order valence-electron chi connectivity index (χ3n) is 3.62. The molecule has 1 aromatic heterocycles. The Morgan fingerprint density at radius 1 is 1.15 bits per heavy atom. The van der Waals surface area contributed by atoms with Crippen LogP contribution in [0, 0.1) is 18.3 Å². The van der Waals surface area contributed by atoms with E-state index in [-0.39, 0.29) is 11.6 Å². The average molecular weight is 364 g/mol. The van der Waals surface area contributed by atoms with Crippen molar-refractivity contribution in [2.45, 2.75) is 6.92 Å². The Balaban J connectivity index is 1.80. The van der Waals surface area contributed by atoms with Crippen LogP contribution in [-0.2, 0) is 0 Å². The van der Waals surface area contributed by atoms with Gasteiger partial charge in [0.1, 0.15) is 11.8 Å². The van der Waals surface area contributed by atoms with Crippen molar-refractivity contribution in [3.8, 4) is 6.07 Å². The summed E-state index contributed by atoms with van der Waals surface area (Å²) in [6.07, 6.45) is 1.49. The number of aromatic nitrogens is 2. The molecule has 128 valence electrons. The van der Waals surface area contributed by atoms with Gasteiger partial charge in [0.25, 0.3) is 5.91 Å². The summed E-state index contributed by atoms with van der Waals surface area (Å²) < 4.78 is 0. The van der Waals surface area contributed by atoms with Crippen molar-refractivity contribution < 1.29 is 4.79 Å². The highest BCUT2D eigenvalue weighted by Crippen LogP contribution is 2.22. The van der Waals surface area contributed by atoms with Gasteiger partial charge in [-0.1, -0.05) is 23.7 Å². The predicted octanol–water partition coefficient (Wildman–Crippen LogP) is 4.31. The van der Waals surface area contributed by atoms with E-state index in [9.17, 15) is 4.79 Å². The molecule has 0 bridgehead atoms. The lowest BCUT2D eigenvalue weighted by Gasteiger charge is -2.10. The van der Waals surface area contributed by atoms with E-state index in [1.165, 1.54) is 12.3 Å². The van der Waals surface area contributed by atoms with Crippen molar-refractivity contribution in [2.24, 2.45) is 0 Å². The van der Waals surface area contributed by atoms with Gasteiger partial charge in [0.05, 0.1) is 11.3 Å². The second kappa shape index (κ2) is 7.64. The molecule has 0 saturated carbocycles. The first kappa shape index (κ1) is 17.4. The van der Waals surface area contributed by atoms with Crippen LogP contribution in [0.4, 0.5) is 17.3 Å². The average Bonchev–Trinajstić information content (AvgIpc) is 2.65. The van der Waals surface area contributed by atoms with Crippen LogP contribution in [0.25, 0.3) is 0 Å². The van der Waals surface area contributed by atoms with Gasteiger partial charge in [0.15, 0.2) is 0 Å². The molecule has 0 saturated heterocycles. The highest BCUT2D eigenvalue weighted by Gasteiger charge is 2.12. The predicted molar refractivity (Wildman–Crippen MR) is 101 cm³/mol. The largest absolute Gasteiger partial charge is 0.324 e. The lowest BCUT2D eigenvalue weighted by Crippen LogP contribution is -2.15. The number of aryl methyl sites for hydroxylation is 1. The maximum atomic E-state index is 12.4. The lowest BCUT2D eigenvalue weighted by atomic mass is 10.2. The minimum Gasteiger partial charge on any atom is -0.324 e. The van der Waals surface area contributed by atoms with Gasteiger partial charge in [-0.15, -0.1) is 0 Å². The Bertz CT molecular complexity index is 1010. The van der Waals surface area contributed by atoms with Gasteiger partial charge < -0.3 is 10.6 Å². The fourth-order valence-corrected chi connectivity index (χ4v) is 2.54. The molecule has 0 radical (unpaired) electrons. The Hall–Kier alpha value is -3.43. The minimum absolute atomic E-state index is 0.182. The number of carbonyl (C=O) groups excluding carboxylic acids is 1. The molecule has 6 nitrogen and oxygen atoms in total. The van der Waals surface area contributed by atoms with E-state index in [1.807, 2.05) is 25.1 Å². The molecule has 0 spiro atoms. The zero-order valence-corrected chi connectivity index (χ0v) is 14.6. The second-order valence-corrected chi connectivity index (χ2v) is 5.90. The molecule has 2 N–H and O–H groups in total.